The molecule has 24 heavy (non-hydrogen) atoms. The quantitative estimate of drug-likeness (QED) is 0.918. The maximum atomic E-state index is 13.4. The van der Waals surface area contributed by atoms with Crippen molar-refractivity contribution in [2.45, 2.75) is 56.3 Å². The normalized spacial score (nSPS) is 30.1. The Labute approximate surface area is 141 Å². The van der Waals surface area contributed by atoms with Crippen LogP contribution in [0.5, 0.6) is 0 Å². The summed E-state index contributed by atoms with van der Waals surface area (Å²) in [6.45, 7) is 0.231. The lowest BCUT2D eigenvalue weighted by molar-refractivity contribution is -0.130. The zero-order valence-electron chi connectivity index (χ0n) is 13.7. The van der Waals surface area contributed by atoms with Crippen LogP contribution in [0.4, 0.5) is 4.39 Å². The lowest BCUT2D eigenvalue weighted by atomic mass is 9.84. The van der Waals surface area contributed by atoms with E-state index in [9.17, 15) is 9.18 Å². The molecule has 5 nitrogen and oxygen atoms in total. The molecule has 0 radical (unpaired) electrons. The van der Waals surface area contributed by atoms with Crippen LogP contribution in [0.15, 0.2) is 24.4 Å². The third-order valence-electron chi connectivity index (χ3n) is 5.09. The molecular weight excluding hydrogens is 307 g/mol. The number of nitrogens with zero attached hydrogens (tertiary/aromatic N) is 3. The number of pyridine rings is 1. The summed E-state index contributed by atoms with van der Waals surface area (Å²) < 4.78 is 13.4. The third kappa shape index (κ3) is 3.90. The molecule has 1 aliphatic carbocycles. The number of aromatic nitrogens is 1. The van der Waals surface area contributed by atoms with Crippen molar-refractivity contribution in [2.75, 3.05) is 13.1 Å². The van der Waals surface area contributed by atoms with Crippen LogP contribution in [0.3, 0.4) is 0 Å². The molecule has 2 aliphatic rings. The Kier molecular flexibility index (Phi) is 5.41. The van der Waals surface area contributed by atoms with Gasteiger partial charge in [-0.3, -0.25) is 9.78 Å². The number of nitriles is 1. The Morgan fingerprint density at radius 2 is 2.17 bits per heavy atom. The fraction of sp³-hybridized carbons (Fsp3) is 0.611. The molecule has 1 amide bonds. The number of likely N-dealkylation sites (tertiary alicyclic amines) is 1. The van der Waals surface area contributed by atoms with Crippen molar-refractivity contribution >= 4 is 5.91 Å². The zero-order chi connectivity index (χ0) is 16.9. The van der Waals surface area contributed by atoms with Crippen LogP contribution < -0.4 is 5.32 Å². The fourth-order valence-electron chi connectivity index (χ4n) is 3.73. The Hall–Kier alpha value is -2.00. The van der Waals surface area contributed by atoms with E-state index in [1.807, 2.05) is 24.4 Å². The van der Waals surface area contributed by atoms with Gasteiger partial charge >= 0.3 is 0 Å². The molecule has 2 fully saturated rings. The van der Waals surface area contributed by atoms with E-state index in [2.05, 4.69) is 16.4 Å². The number of hydrogen-bond donors (Lipinski definition) is 1. The van der Waals surface area contributed by atoms with Crippen molar-refractivity contribution in [1.29, 1.82) is 5.26 Å². The second-order valence-electron chi connectivity index (χ2n) is 6.71. The van der Waals surface area contributed by atoms with Gasteiger partial charge in [-0.2, -0.15) is 5.26 Å². The van der Waals surface area contributed by atoms with Crippen LogP contribution in [-0.2, 0) is 4.79 Å². The van der Waals surface area contributed by atoms with Gasteiger partial charge < -0.3 is 10.2 Å². The minimum absolute atomic E-state index is 0.0468. The molecule has 1 N–H and O–H groups in total. The summed E-state index contributed by atoms with van der Waals surface area (Å²) in [6.07, 6.45) is 5.01. The average Bonchev–Trinajstić information content (AvgIpc) is 3.02. The van der Waals surface area contributed by atoms with Gasteiger partial charge in [0.15, 0.2) is 0 Å². The molecule has 2 heterocycles. The highest BCUT2D eigenvalue weighted by molar-refractivity contribution is 5.79. The molecule has 0 bridgehead atoms. The van der Waals surface area contributed by atoms with E-state index in [1.165, 1.54) is 4.90 Å². The molecule has 0 spiro atoms. The van der Waals surface area contributed by atoms with Crippen LogP contribution in [0, 0.1) is 11.3 Å². The molecule has 1 aliphatic heterocycles. The smallest absolute Gasteiger partial charge is 0.237 e. The molecule has 3 rings (SSSR count). The fourth-order valence-corrected chi connectivity index (χ4v) is 3.73. The molecule has 1 aromatic heterocycles. The highest BCUT2D eigenvalue weighted by Crippen LogP contribution is 2.31. The van der Waals surface area contributed by atoms with E-state index in [0.29, 0.717) is 12.0 Å². The summed E-state index contributed by atoms with van der Waals surface area (Å²) in [5.41, 5.74) is 1.15. The van der Waals surface area contributed by atoms with Gasteiger partial charge in [-0.05, 0) is 37.8 Å². The third-order valence-corrected chi connectivity index (χ3v) is 5.09. The van der Waals surface area contributed by atoms with Crippen LogP contribution in [0.1, 0.15) is 43.7 Å². The summed E-state index contributed by atoms with van der Waals surface area (Å²) in [4.78, 5) is 18.0. The number of hydrogen-bond acceptors (Lipinski definition) is 4. The molecular formula is C18H23FN4O. The lowest BCUT2D eigenvalue weighted by Crippen LogP contribution is -2.44. The summed E-state index contributed by atoms with van der Waals surface area (Å²) in [6, 6.07) is 7.73. The minimum atomic E-state index is -1.08. The van der Waals surface area contributed by atoms with E-state index in [4.69, 9.17) is 5.26 Å². The average molecular weight is 330 g/mol. The summed E-state index contributed by atoms with van der Waals surface area (Å²) in [5, 5.41) is 12.3. The molecule has 1 saturated heterocycles. The van der Waals surface area contributed by atoms with Crippen LogP contribution in [0.25, 0.3) is 0 Å². The van der Waals surface area contributed by atoms with Crippen LogP contribution in [-0.4, -0.2) is 47.1 Å². The van der Waals surface area contributed by atoms with Crippen molar-refractivity contribution < 1.29 is 9.18 Å². The number of carbonyl (C=O) groups is 1. The monoisotopic (exact) mass is 330 g/mol. The summed E-state index contributed by atoms with van der Waals surface area (Å²) in [5.74, 6) is 0.322. The van der Waals surface area contributed by atoms with Crippen molar-refractivity contribution in [1.82, 2.24) is 15.2 Å². The van der Waals surface area contributed by atoms with E-state index in [-0.39, 0.29) is 25.4 Å². The Balaban J connectivity index is 1.44. The first-order chi connectivity index (χ1) is 11.7. The topological polar surface area (TPSA) is 69.0 Å². The molecule has 0 unspecified atom stereocenters. The summed E-state index contributed by atoms with van der Waals surface area (Å²) in [7, 11) is 0. The number of rotatable bonds is 4. The van der Waals surface area contributed by atoms with Crippen molar-refractivity contribution in [3.05, 3.63) is 30.1 Å². The van der Waals surface area contributed by atoms with Gasteiger partial charge in [0.25, 0.3) is 0 Å². The molecule has 6 heteroatoms. The van der Waals surface area contributed by atoms with E-state index < -0.39 is 12.2 Å². The second kappa shape index (κ2) is 7.71. The van der Waals surface area contributed by atoms with Crippen molar-refractivity contribution in [3.8, 4) is 6.07 Å². The predicted molar refractivity (Wildman–Crippen MR) is 87.9 cm³/mol. The number of carbonyl (C=O) groups excluding carboxylic acids is 1. The predicted octanol–water partition coefficient (Wildman–Crippen LogP) is 2.16. The first-order valence-electron chi connectivity index (χ1n) is 8.65. The largest absolute Gasteiger partial charge is 0.323 e. The van der Waals surface area contributed by atoms with Crippen LogP contribution in [0.2, 0.25) is 0 Å². The molecule has 1 aromatic rings. The van der Waals surface area contributed by atoms with Crippen LogP contribution >= 0.6 is 0 Å². The van der Waals surface area contributed by atoms with Gasteiger partial charge in [-0.1, -0.05) is 6.07 Å². The van der Waals surface area contributed by atoms with Gasteiger partial charge in [0.1, 0.15) is 12.2 Å². The van der Waals surface area contributed by atoms with Gasteiger partial charge in [-0.15, -0.1) is 0 Å². The molecule has 128 valence electrons. The Bertz CT molecular complexity index is 595. The second-order valence-corrected chi connectivity index (χ2v) is 6.71. The first-order valence-corrected chi connectivity index (χ1v) is 8.65. The maximum absolute atomic E-state index is 13.4. The standard InChI is InChI=1S/C18H23FN4O/c19-14-9-16(10-20)23(12-14)18(24)11-22-15-6-4-13(5-7-15)17-3-1-2-8-21-17/h1-3,8,13-16,22H,4-7,9,11-12H2/t13?,14-,15?,16-/m0/s1. The van der Waals surface area contributed by atoms with E-state index in [1.54, 1.807) is 0 Å². The van der Waals surface area contributed by atoms with E-state index in [0.717, 1.165) is 31.4 Å². The molecule has 2 atom stereocenters. The first kappa shape index (κ1) is 16.8. The van der Waals surface area contributed by atoms with Gasteiger partial charge in [0.2, 0.25) is 5.91 Å². The van der Waals surface area contributed by atoms with E-state index >= 15 is 0 Å². The van der Waals surface area contributed by atoms with Gasteiger partial charge in [-0.25, -0.2) is 4.39 Å². The van der Waals surface area contributed by atoms with Gasteiger partial charge in [0, 0.05) is 30.3 Å². The Morgan fingerprint density at radius 3 is 2.83 bits per heavy atom. The van der Waals surface area contributed by atoms with Crippen molar-refractivity contribution in [3.63, 3.8) is 0 Å². The zero-order valence-corrected chi connectivity index (χ0v) is 13.7. The van der Waals surface area contributed by atoms with Crippen molar-refractivity contribution in [2.24, 2.45) is 0 Å². The molecule has 1 saturated carbocycles. The number of amides is 1. The lowest BCUT2D eigenvalue weighted by Gasteiger charge is -2.29. The summed E-state index contributed by atoms with van der Waals surface area (Å²) >= 11 is 0. The maximum Gasteiger partial charge on any atom is 0.237 e. The minimum Gasteiger partial charge on any atom is -0.323 e. The number of alkyl halides is 1. The molecule has 0 aromatic carbocycles. The number of nitrogens with one attached hydrogen (secondary N) is 1. The van der Waals surface area contributed by atoms with Gasteiger partial charge in [0.05, 0.1) is 19.2 Å². The number of halogens is 1. The highest BCUT2D eigenvalue weighted by Gasteiger charge is 2.35. The Morgan fingerprint density at radius 1 is 1.38 bits per heavy atom. The highest BCUT2D eigenvalue weighted by atomic mass is 19.1. The SMILES string of the molecule is N#C[C@@H]1C[C@H](F)CN1C(=O)CNC1CCC(c2ccccn2)CC1.